The first kappa shape index (κ1) is 15.9. The van der Waals surface area contributed by atoms with Gasteiger partial charge in [0.15, 0.2) is 9.84 Å². The summed E-state index contributed by atoms with van der Waals surface area (Å²) in [7, 11) is -3.34. The van der Waals surface area contributed by atoms with Gasteiger partial charge in [-0.2, -0.15) is 0 Å². The Morgan fingerprint density at radius 1 is 1.24 bits per heavy atom. The summed E-state index contributed by atoms with van der Waals surface area (Å²) in [6.45, 7) is 0. The van der Waals surface area contributed by atoms with E-state index >= 15 is 0 Å². The fourth-order valence-electron chi connectivity index (χ4n) is 2.03. The van der Waals surface area contributed by atoms with Gasteiger partial charge in [-0.15, -0.1) is 0 Å². The molecule has 21 heavy (non-hydrogen) atoms. The van der Waals surface area contributed by atoms with Gasteiger partial charge in [-0.1, -0.05) is 23.7 Å². The van der Waals surface area contributed by atoms with Crippen molar-refractivity contribution in [1.29, 1.82) is 0 Å². The summed E-state index contributed by atoms with van der Waals surface area (Å²) in [6.07, 6.45) is 1.12. The molecule has 3 N–H and O–H groups in total. The van der Waals surface area contributed by atoms with Gasteiger partial charge in [0.05, 0.1) is 10.9 Å². The number of halogens is 2. The second-order valence-corrected chi connectivity index (χ2v) is 7.03. The summed E-state index contributed by atoms with van der Waals surface area (Å²) >= 11 is 6.07. The highest BCUT2D eigenvalue weighted by Crippen LogP contribution is 2.29. The molecule has 0 amide bonds. The van der Waals surface area contributed by atoms with Crippen molar-refractivity contribution >= 4 is 21.4 Å². The van der Waals surface area contributed by atoms with Crippen molar-refractivity contribution in [2.75, 3.05) is 6.26 Å². The molecular weight excluding hydrogens is 315 g/mol. The van der Waals surface area contributed by atoms with Gasteiger partial charge in [-0.25, -0.2) is 18.2 Å². The lowest BCUT2D eigenvalue weighted by atomic mass is 9.99. The number of nitrogens with two attached hydrogens (primary N) is 1. The summed E-state index contributed by atoms with van der Waals surface area (Å²) < 4.78 is 36.6. The van der Waals surface area contributed by atoms with E-state index < -0.39 is 21.7 Å². The third-order valence-electron chi connectivity index (χ3n) is 3.06. The molecule has 0 spiro atoms. The molecule has 2 rings (SSSR count). The number of sulfone groups is 1. The van der Waals surface area contributed by atoms with Crippen molar-refractivity contribution in [3.63, 3.8) is 0 Å². The summed E-state index contributed by atoms with van der Waals surface area (Å²) in [5.74, 6) is 5.08. The molecule has 1 unspecified atom stereocenters. The molecule has 112 valence electrons. The van der Waals surface area contributed by atoms with E-state index in [1.165, 1.54) is 30.3 Å². The Labute approximate surface area is 127 Å². The molecule has 4 nitrogen and oxygen atoms in total. The number of hydrogen-bond donors (Lipinski definition) is 2. The predicted molar refractivity (Wildman–Crippen MR) is 80.1 cm³/mol. The van der Waals surface area contributed by atoms with Crippen LogP contribution < -0.4 is 11.3 Å². The van der Waals surface area contributed by atoms with Crippen LogP contribution in [-0.4, -0.2) is 14.7 Å². The summed E-state index contributed by atoms with van der Waals surface area (Å²) in [6, 6.07) is 9.59. The molecule has 0 radical (unpaired) electrons. The molecule has 0 heterocycles. The summed E-state index contributed by atoms with van der Waals surface area (Å²) in [4.78, 5) is 0.160. The number of rotatable bonds is 4. The lowest BCUT2D eigenvalue weighted by molar-refractivity contribution is 0.597. The van der Waals surface area contributed by atoms with Gasteiger partial charge in [0.1, 0.15) is 5.82 Å². The van der Waals surface area contributed by atoms with Crippen molar-refractivity contribution in [1.82, 2.24) is 5.43 Å². The molecule has 7 heteroatoms. The highest BCUT2D eigenvalue weighted by Gasteiger charge is 2.18. The topological polar surface area (TPSA) is 72.2 Å². The molecule has 0 aliphatic rings. The van der Waals surface area contributed by atoms with Gasteiger partial charge in [0.2, 0.25) is 0 Å². The average molecular weight is 329 g/mol. The molecule has 0 aliphatic carbocycles. The molecule has 2 aromatic rings. The summed E-state index contributed by atoms with van der Waals surface area (Å²) in [5, 5.41) is 0.337. The third-order valence-corrected chi connectivity index (χ3v) is 4.51. The summed E-state index contributed by atoms with van der Waals surface area (Å²) in [5.41, 5.74) is 3.55. The van der Waals surface area contributed by atoms with Gasteiger partial charge in [-0.05, 0) is 41.5 Å². The van der Waals surface area contributed by atoms with Crippen molar-refractivity contribution in [3.05, 3.63) is 64.4 Å². The first-order valence-corrected chi connectivity index (χ1v) is 8.31. The fourth-order valence-corrected chi connectivity index (χ4v) is 2.93. The van der Waals surface area contributed by atoms with Gasteiger partial charge in [-0.3, -0.25) is 5.84 Å². The highest BCUT2D eigenvalue weighted by atomic mass is 35.5. The average Bonchev–Trinajstić information content (AvgIpc) is 2.43. The number of hydrazine groups is 1. The van der Waals surface area contributed by atoms with E-state index in [1.54, 1.807) is 12.1 Å². The lowest BCUT2D eigenvalue weighted by Crippen LogP contribution is -2.29. The first-order valence-electron chi connectivity index (χ1n) is 6.04. The number of hydrogen-bond acceptors (Lipinski definition) is 4. The normalized spacial score (nSPS) is 13.1. The molecule has 0 aromatic heterocycles. The van der Waals surface area contributed by atoms with Crippen molar-refractivity contribution in [3.8, 4) is 0 Å². The molecular formula is C14H14ClFN2O2S. The molecule has 2 aromatic carbocycles. The SMILES string of the molecule is CS(=O)(=O)c1cccc(C(NN)c2cc(F)ccc2Cl)c1. The van der Waals surface area contributed by atoms with E-state index in [1.807, 2.05) is 0 Å². The van der Waals surface area contributed by atoms with E-state index in [0.29, 0.717) is 16.1 Å². The van der Waals surface area contributed by atoms with E-state index in [9.17, 15) is 12.8 Å². The van der Waals surface area contributed by atoms with Gasteiger partial charge in [0, 0.05) is 11.3 Å². The minimum Gasteiger partial charge on any atom is -0.271 e. The van der Waals surface area contributed by atoms with Crippen LogP contribution in [0.1, 0.15) is 17.2 Å². The molecule has 0 bridgehead atoms. The Morgan fingerprint density at radius 2 is 1.95 bits per heavy atom. The van der Waals surface area contributed by atoms with Gasteiger partial charge < -0.3 is 0 Å². The maximum atomic E-state index is 13.4. The first-order chi connectivity index (χ1) is 9.82. The zero-order chi connectivity index (χ0) is 15.6. The van der Waals surface area contributed by atoms with E-state index in [2.05, 4.69) is 5.43 Å². The van der Waals surface area contributed by atoms with Crippen LogP contribution in [0.3, 0.4) is 0 Å². The fraction of sp³-hybridized carbons (Fsp3) is 0.143. The van der Waals surface area contributed by atoms with Crippen LogP contribution in [-0.2, 0) is 9.84 Å². The Bertz CT molecular complexity index is 765. The van der Waals surface area contributed by atoms with Crippen molar-refractivity contribution in [2.45, 2.75) is 10.9 Å². The third kappa shape index (κ3) is 3.59. The predicted octanol–water partition coefficient (Wildman–Crippen LogP) is 2.44. The quantitative estimate of drug-likeness (QED) is 0.668. The van der Waals surface area contributed by atoms with E-state index in [-0.39, 0.29) is 4.90 Å². The Hall–Kier alpha value is -1.47. The molecule has 0 saturated carbocycles. The second kappa shape index (κ2) is 6.11. The van der Waals surface area contributed by atoms with Crippen LogP contribution in [0.25, 0.3) is 0 Å². The minimum atomic E-state index is -3.34. The van der Waals surface area contributed by atoms with E-state index in [4.69, 9.17) is 17.4 Å². The molecule has 0 fully saturated rings. The monoisotopic (exact) mass is 328 g/mol. The van der Waals surface area contributed by atoms with Gasteiger partial charge >= 0.3 is 0 Å². The number of nitrogens with one attached hydrogen (secondary N) is 1. The van der Waals surface area contributed by atoms with Crippen molar-refractivity contribution in [2.24, 2.45) is 5.84 Å². The Morgan fingerprint density at radius 3 is 2.57 bits per heavy atom. The Kier molecular flexibility index (Phi) is 4.63. The van der Waals surface area contributed by atoms with Crippen LogP contribution in [0, 0.1) is 5.82 Å². The second-order valence-electron chi connectivity index (χ2n) is 4.61. The van der Waals surface area contributed by atoms with Crippen LogP contribution >= 0.6 is 11.6 Å². The zero-order valence-corrected chi connectivity index (χ0v) is 12.7. The maximum absolute atomic E-state index is 13.4. The van der Waals surface area contributed by atoms with E-state index in [0.717, 1.165) is 6.26 Å². The lowest BCUT2D eigenvalue weighted by Gasteiger charge is -2.19. The van der Waals surface area contributed by atoms with Crippen LogP contribution in [0.5, 0.6) is 0 Å². The molecule has 0 saturated heterocycles. The molecule has 0 aliphatic heterocycles. The van der Waals surface area contributed by atoms with Gasteiger partial charge in [0.25, 0.3) is 0 Å². The standard InChI is InChI=1S/C14H14ClFN2O2S/c1-21(19,20)11-4-2-3-9(7-11)14(18-17)12-8-10(16)5-6-13(12)15/h2-8,14,18H,17H2,1H3. The minimum absolute atomic E-state index is 0.160. The maximum Gasteiger partial charge on any atom is 0.175 e. The van der Waals surface area contributed by atoms with Crippen LogP contribution in [0.15, 0.2) is 47.4 Å². The number of benzene rings is 2. The van der Waals surface area contributed by atoms with Crippen molar-refractivity contribution < 1.29 is 12.8 Å². The van der Waals surface area contributed by atoms with Crippen LogP contribution in [0.4, 0.5) is 4.39 Å². The highest BCUT2D eigenvalue weighted by molar-refractivity contribution is 7.90. The van der Waals surface area contributed by atoms with Crippen LogP contribution in [0.2, 0.25) is 5.02 Å². The smallest absolute Gasteiger partial charge is 0.175 e. The largest absolute Gasteiger partial charge is 0.271 e. The zero-order valence-electron chi connectivity index (χ0n) is 11.2. The Balaban J connectivity index is 2.54. The molecule has 1 atom stereocenters.